The van der Waals surface area contributed by atoms with Crippen LogP contribution in [0.4, 0.5) is 0 Å². The van der Waals surface area contributed by atoms with Crippen molar-refractivity contribution >= 4 is 15.7 Å². The van der Waals surface area contributed by atoms with Gasteiger partial charge in [0.1, 0.15) is 5.69 Å². The number of hydrogen-bond donors (Lipinski definition) is 0. The summed E-state index contributed by atoms with van der Waals surface area (Å²) in [4.78, 5) is 16.6. The van der Waals surface area contributed by atoms with Crippen LogP contribution in [0.2, 0.25) is 0 Å². The number of rotatable bonds is 1. The SMILES string of the molecule is CN1CCS(=O)(=O)[C@@H]2CCN(C(=O)c3cccn3C)CC[C@@H]21. The summed E-state index contributed by atoms with van der Waals surface area (Å²) >= 11 is 0. The van der Waals surface area contributed by atoms with Crippen LogP contribution in [0.15, 0.2) is 18.3 Å². The molecular weight excluding hydrogens is 302 g/mol. The van der Waals surface area contributed by atoms with E-state index in [2.05, 4.69) is 4.90 Å². The van der Waals surface area contributed by atoms with Gasteiger partial charge in [-0.25, -0.2) is 8.42 Å². The van der Waals surface area contributed by atoms with E-state index in [9.17, 15) is 13.2 Å². The van der Waals surface area contributed by atoms with Gasteiger partial charge in [0.05, 0.1) is 11.0 Å². The molecule has 2 aliphatic heterocycles. The number of carbonyl (C=O) groups excluding carboxylic acids is 1. The third-order valence-electron chi connectivity index (χ3n) is 5.01. The van der Waals surface area contributed by atoms with Crippen molar-refractivity contribution in [2.75, 3.05) is 32.4 Å². The molecule has 2 atom stereocenters. The zero-order chi connectivity index (χ0) is 15.9. The molecule has 0 radical (unpaired) electrons. The molecule has 122 valence electrons. The average Bonchev–Trinajstić information content (AvgIpc) is 2.76. The third-order valence-corrected chi connectivity index (χ3v) is 7.24. The molecule has 0 saturated carbocycles. The lowest BCUT2D eigenvalue weighted by Gasteiger charge is -2.37. The van der Waals surface area contributed by atoms with Crippen molar-refractivity contribution in [3.05, 3.63) is 24.0 Å². The monoisotopic (exact) mass is 325 g/mol. The molecule has 0 spiro atoms. The molecule has 1 aromatic rings. The first kappa shape index (κ1) is 15.6. The Bertz CT molecular complexity index is 667. The van der Waals surface area contributed by atoms with Gasteiger partial charge in [-0.2, -0.15) is 0 Å². The van der Waals surface area contributed by atoms with Crippen molar-refractivity contribution in [3.8, 4) is 0 Å². The highest BCUT2D eigenvalue weighted by Gasteiger charge is 2.42. The summed E-state index contributed by atoms with van der Waals surface area (Å²) in [5.74, 6) is 0.224. The van der Waals surface area contributed by atoms with Crippen LogP contribution in [0.1, 0.15) is 23.3 Å². The Hall–Kier alpha value is -1.34. The number of hydrogen-bond acceptors (Lipinski definition) is 4. The first-order valence-electron chi connectivity index (χ1n) is 7.72. The minimum atomic E-state index is -3.04. The van der Waals surface area contributed by atoms with Gasteiger partial charge in [-0.3, -0.25) is 4.79 Å². The first-order valence-corrected chi connectivity index (χ1v) is 9.44. The van der Waals surface area contributed by atoms with E-state index >= 15 is 0 Å². The maximum Gasteiger partial charge on any atom is 0.270 e. The Morgan fingerprint density at radius 2 is 1.91 bits per heavy atom. The number of fused-ring (bicyclic) bond motifs is 1. The van der Waals surface area contributed by atoms with E-state index in [1.165, 1.54) is 0 Å². The standard InChI is InChI=1S/C15H23N3O3S/c1-16-7-3-4-13(16)15(19)18-8-5-12-14(6-9-18)22(20,21)11-10-17(12)2/h3-4,7,12,14H,5-6,8-11H2,1-2H3/t12-,14+/m0/s1. The molecule has 0 aromatic carbocycles. The Balaban J connectivity index is 1.80. The predicted octanol–water partition coefficient (Wildman–Crippen LogP) is 0.359. The van der Waals surface area contributed by atoms with Crippen LogP contribution >= 0.6 is 0 Å². The van der Waals surface area contributed by atoms with Crippen LogP contribution in [0.25, 0.3) is 0 Å². The third kappa shape index (κ3) is 2.67. The van der Waals surface area contributed by atoms with Gasteiger partial charge in [0.15, 0.2) is 9.84 Å². The number of amides is 1. The highest BCUT2D eigenvalue weighted by molar-refractivity contribution is 7.92. The Morgan fingerprint density at radius 1 is 1.18 bits per heavy atom. The minimum absolute atomic E-state index is 0.00815. The number of aromatic nitrogens is 1. The lowest BCUT2D eigenvalue weighted by atomic mass is 10.1. The summed E-state index contributed by atoms with van der Waals surface area (Å²) < 4.78 is 26.5. The highest BCUT2D eigenvalue weighted by atomic mass is 32.2. The van der Waals surface area contributed by atoms with Crippen LogP contribution in [0.3, 0.4) is 0 Å². The predicted molar refractivity (Wildman–Crippen MR) is 84.5 cm³/mol. The van der Waals surface area contributed by atoms with Crippen molar-refractivity contribution < 1.29 is 13.2 Å². The topological polar surface area (TPSA) is 62.6 Å². The van der Waals surface area contributed by atoms with E-state index in [-0.39, 0.29) is 23.0 Å². The van der Waals surface area contributed by atoms with Gasteiger partial charge in [0.25, 0.3) is 5.91 Å². The van der Waals surface area contributed by atoms with E-state index in [1.54, 1.807) is 4.90 Å². The fraction of sp³-hybridized carbons (Fsp3) is 0.667. The molecule has 7 heteroatoms. The van der Waals surface area contributed by atoms with Crippen molar-refractivity contribution in [1.82, 2.24) is 14.4 Å². The average molecular weight is 325 g/mol. The van der Waals surface area contributed by atoms with E-state index in [4.69, 9.17) is 0 Å². The van der Waals surface area contributed by atoms with Gasteiger partial charge >= 0.3 is 0 Å². The highest BCUT2D eigenvalue weighted by Crippen LogP contribution is 2.27. The van der Waals surface area contributed by atoms with Crippen LogP contribution in [-0.4, -0.2) is 72.4 Å². The van der Waals surface area contributed by atoms with Crippen molar-refractivity contribution in [2.45, 2.75) is 24.1 Å². The molecule has 0 unspecified atom stereocenters. The molecule has 6 nitrogen and oxygen atoms in total. The van der Waals surface area contributed by atoms with Crippen LogP contribution < -0.4 is 0 Å². The fourth-order valence-electron chi connectivity index (χ4n) is 3.62. The Kier molecular flexibility index (Phi) is 4.03. The lowest BCUT2D eigenvalue weighted by molar-refractivity contribution is 0.0748. The molecule has 22 heavy (non-hydrogen) atoms. The fourth-order valence-corrected chi connectivity index (χ4v) is 5.75. The number of aryl methyl sites for hydroxylation is 1. The molecule has 1 aromatic heterocycles. The van der Waals surface area contributed by atoms with Crippen LogP contribution in [0, 0.1) is 0 Å². The maximum absolute atomic E-state index is 12.6. The van der Waals surface area contributed by atoms with Crippen LogP contribution in [-0.2, 0) is 16.9 Å². The van der Waals surface area contributed by atoms with Gasteiger partial charge in [0.2, 0.25) is 0 Å². The number of carbonyl (C=O) groups is 1. The largest absolute Gasteiger partial charge is 0.347 e. The molecule has 3 rings (SSSR count). The summed E-state index contributed by atoms with van der Waals surface area (Å²) in [6, 6.07) is 3.69. The summed E-state index contributed by atoms with van der Waals surface area (Å²) in [6.07, 6.45) is 3.10. The summed E-state index contributed by atoms with van der Waals surface area (Å²) in [7, 11) is 0.802. The lowest BCUT2D eigenvalue weighted by Crippen LogP contribution is -2.52. The smallest absolute Gasteiger partial charge is 0.270 e. The summed E-state index contributed by atoms with van der Waals surface area (Å²) in [5.41, 5.74) is 0.654. The molecule has 2 saturated heterocycles. The molecule has 2 aliphatic rings. The molecular formula is C15H23N3O3S. The van der Waals surface area contributed by atoms with Gasteiger partial charge in [0, 0.05) is 38.9 Å². The van der Waals surface area contributed by atoms with Crippen LogP contribution in [0.5, 0.6) is 0 Å². The molecule has 0 bridgehead atoms. The Labute approximate surface area is 131 Å². The summed E-state index contributed by atoms with van der Waals surface area (Å²) in [5, 5.41) is -0.336. The van der Waals surface area contributed by atoms with Crippen molar-refractivity contribution in [3.63, 3.8) is 0 Å². The first-order chi connectivity index (χ1) is 10.4. The van der Waals surface area contributed by atoms with Gasteiger partial charge in [-0.1, -0.05) is 0 Å². The normalized spacial score (nSPS) is 28.9. The number of nitrogens with zero attached hydrogens (tertiary/aromatic N) is 3. The van der Waals surface area contributed by atoms with Crippen molar-refractivity contribution in [2.24, 2.45) is 7.05 Å². The Morgan fingerprint density at radius 3 is 2.59 bits per heavy atom. The molecule has 0 aliphatic carbocycles. The maximum atomic E-state index is 12.6. The molecule has 1 amide bonds. The number of likely N-dealkylation sites (tertiary alicyclic amines) is 1. The van der Waals surface area contributed by atoms with Gasteiger partial charge in [-0.15, -0.1) is 0 Å². The molecule has 0 N–H and O–H groups in total. The van der Waals surface area contributed by atoms with Crippen molar-refractivity contribution in [1.29, 1.82) is 0 Å². The van der Waals surface area contributed by atoms with E-state index in [1.807, 2.05) is 37.0 Å². The number of sulfone groups is 1. The second-order valence-corrected chi connectivity index (χ2v) is 8.67. The quantitative estimate of drug-likeness (QED) is 0.748. The summed E-state index contributed by atoms with van der Waals surface area (Å²) in [6.45, 7) is 1.72. The van der Waals surface area contributed by atoms with E-state index in [0.717, 1.165) is 6.42 Å². The minimum Gasteiger partial charge on any atom is -0.347 e. The molecule has 3 heterocycles. The van der Waals surface area contributed by atoms with Gasteiger partial charge in [-0.05, 0) is 32.0 Å². The zero-order valence-corrected chi connectivity index (χ0v) is 13.9. The second-order valence-electron chi connectivity index (χ2n) is 6.33. The van der Waals surface area contributed by atoms with Gasteiger partial charge < -0.3 is 14.4 Å². The zero-order valence-electron chi connectivity index (χ0n) is 13.1. The van der Waals surface area contributed by atoms with E-state index < -0.39 is 9.84 Å². The van der Waals surface area contributed by atoms with E-state index in [0.29, 0.717) is 31.7 Å². The molecule has 2 fully saturated rings. The second kappa shape index (κ2) is 5.70.